The summed E-state index contributed by atoms with van der Waals surface area (Å²) in [7, 11) is 0. The van der Waals surface area contributed by atoms with E-state index < -0.39 is 0 Å². The molecule has 1 heterocycles. The van der Waals surface area contributed by atoms with Gasteiger partial charge in [0.25, 0.3) is 0 Å². The van der Waals surface area contributed by atoms with Crippen LogP contribution in [-0.2, 0) is 22.0 Å². The first-order chi connectivity index (χ1) is 9.17. The molecule has 0 fully saturated rings. The zero-order valence-electron chi connectivity index (χ0n) is 11.1. The number of carbonyl (C=O) groups excluding carboxylic acids is 1. The molecule has 0 aliphatic rings. The van der Waals surface area contributed by atoms with Crippen molar-refractivity contribution in [3.8, 4) is 0 Å². The molecule has 2 aromatic rings. The van der Waals surface area contributed by atoms with Crippen LogP contribution in [0, 0.1) is 6.92 Å². The number of benzene rings is 1. The fraction of sp³-hybridized carbons (Fsp3) is 0.429. The van der Waals surface area contributed by atoms with Gasteiger partial charge in [-0.2, -0.15) is 0 Å². The van der Waals surface area contributed by atoms with E-state index in [9.17, 15) is 4.79 Å². The van der Waals surface area contributed by atoms with Gasteiger partial charge in [-0.3, -0.25) is 4.79 Å². The molecule has 1 aromatic heterocycles. The van der Waals surface area contributed by atoms with Crippen LogP contribution in [0.2, 0.25) is 0 Å². The molecule has 19 heavy (non-hydrogen) atoms. The Hall–Kier alpha value is -1.55. The Kier molecular flexibility index (Phi) is 4.43. The van der Waals surface area contributed by atoms with E-state index in [1.54, 1.807) is 6.92 Å². The van der Waals surface area contributed by atoms with Gasteiger partial charge in [-0.05, 0) is 25.5 Å². The molecule has 102 valence electrons. The molecule has 5 heteroatoms. The Morgan fingerprint density at radius 2 is 2.26 bits per heavy atom. The summed E-state index contributed by atoms with van der Waals surface area (Å²) in [5, 5.41) is 0. The van der Waals surface area contributed by atoms with Crippen LogP contribution in [0.3, 0.4) is 0 Å². The number of fused-ring (bicyclic) bond motifs is 1. The molecule has 0 saturated heterocycles. The lowest BCUT2D eigenvalue weighted by molar-refractivity contribution is -0.143. The number of carbonyl (C=O) groups is 1. The van der Waals surface area contributed by atoms with Crippen molar-refractivity contribution in [2.45, 2.75) is 32.7 Å². The minimum absolute atomic E-state index is 0.196. The monoisotopic (exact) mass is 280 g/mol. The highest BCUT2D eigenvalue weighted by Gasteiger charge is 2.13. The fourth-order valence-corrected chi connectivity index (χ4v) is 2.40. The third-order valence-corrected chi connectivity index (χ3v) is 3.25. The summed E-state index contributed by atoms with van der Waals surface area (Å²) in [6.45, 7) is 4.79. The fourth-order valence-electron chi connectivity index (χ4n) is 2.19. The number of ether oxygens (including phenoxy) is 1. The highest BCUT2D eigenvalue weighted by atomic mass is 35.5. The standard InChI is InChI=1S/C14H17ClN2O2/c1-3-19-13(18)7-8-17-12(9-15)16-11-6-4-5-10(2)14(11)17/h4-6H,3,7-9H2,1-2H3. The summed E-state index contributed by atoms with van der Waals surface area (Å²) in [5.41, 5.74) is 3.09. The van der Waals surface area contributed by atoms with E-state index in [-0.39, 0.29) is 5.97 Å². The molecule has 0 aliphatic carbocycles. The molecule has 0 bridgehead atoms. The maximum Gasteiger partial charge on any atom is 0.307 e. The van der Waals surface area contributed by atoms with E-state index in [0.29, 0.717) is 25.5 Å². The molecule has 0 amide bonds. The topological polar surface area (TPSA) is 44.1 Å². The van der Waals surface area contributed by atoms with Crippen LogP contribution in [0.15, 0.2) is 18.2 Å². The summed E-state index contributed by atoms with van der Waals surface area (Å²) in [6, 6.07) is 5.96. The van der Waals surface area contributed by atoms with Crippen molar-refractivity contribution in [3.05, 3.63) is 29.6 Å². The number of nitrogens with zero attached hydrogens (tertiary/aromatic N) is 2. The van der Waals surface area contributed by atoms with E-state index >= 15 is 0 Å². The Labute approximate surface area is 117 Å². The molecule has 4 nitrogen and oxygen atoms in total. The van der Waals surface area contributed by atoms with E-state index in [2.05, 4.69) is 4.98 Å². The lowest BCUT2D eigenvalue weighted by Gasteiger charge is -2.08. The SMILES string of the molecule is CCOC(=O)CCn1c(CCl)nc2cccc(C)c21. The van der Waals surface area contributed by atoms with Gasteiger partial charge in [-0.15, -0.1) is 11.6 Å². The minimum Gasteiger partial charge on any atom is -0.466 e. The molecule has 0 unspecified atom stereocenters. The van der Waals surface area contributed by atoms with Crippen molar-refractivity contribution in [2.24, 2.45) is 0 Å². The van der Waals surface area contributed by atoms with E-state index in [1.807, 2.05) is 29.7 Å². The molecule has 0 spiro atoms. The van der Waals surface area contributed by atoms with Crippen LogP contribution in [0.25, 0.3) is 11.0 Å². The maximum atomic E-state index is 11.5. The Morgan fingerprint density at radius 3 is 2.95 bits per heavy atom. The number of aromatic nitrogens is 2. The summed E-state index contributed by atoms with van der Waals surface area (Å²) in [4.78, 5) is 16.0. The van der Waals surface area contributed by atoms with Gasteiger partial charge in [-0.25, -0.2) is 4.98 Å². The molecule has 0 saturated carbocycles. The quantitative estimate of drug-likeness (QED) is 0.625. The van der Waals surface area contributed by atoms with Crippen LogP contribution in [-0.4, -0.2) is 22.1 Å². The zero-order chi connectivity index (χ0) is 13.8. The lowest BCUT2D eigenvalue weighted by Crippen LogP contribution is -2.11. The van der Waals surface area contributed by atoms with Crippen LogP contribution in [0.4, 0.5) is 0 Å². The molecule has 0 atom stereocenters. The largest absolute Gasteiger partial charge is 0.466 e. The number of imidazole rings is 1. The van der Waals surface area contributed by atoms with Gasteiger partial charge >= 0.3 is 5.97 Å². The van der Waals surface area contributed by atoms with Gasteiger partial charge < -0.3 is 9.30 Å². The number of hydrogen-bond donors (Lipinski definition) is 0. The highest BCUT2D eigenvalue weighted by molar-refractivity contribution is 6.16. The van der Waals surface area contributed by atoms with Gasteiger partial charge in [0, 0.05) is 6.54 Å². The van der Waals surface area contributed by atoms with Crippen LogP contribution < -0.4 is 0 Å². The third kappa shape index (κ3) is 2.89. The number of halogens is 1. The molecule has 1 aromatic carbocycles. The van der Waals surface area contributed by atoms with Gasteiger partial charge in [-0.1, -0.05) is 12.1 Å². The van der Waals surface area contributed by atoms with Crippen molar-refractivity contribution < 1.29 is 9.53 Å². The number of alkyl halides is 1. The molecule has 2 rings (SSSR count). The van der Waals surface area contributed by atoms with Gasteiger partial charge in [0.15, 0.2) is 0 Å². The van der Waals surface area contributed by atoms with Gasteiger partial charge in [0.05, 0.1) is 29.9 Å². The maximum absolute atomic E-state index is 11.5. The third-order valence-electron chi connectivity index (χ3n) is 3.01. The average molecular weight is 281 g/mol. The van der Waals surface area contributed by atoms with Crippen molar-refractivity contribution in [1.82, 2.24) is 9.55 Å². The second kappa shape index (κ2) is 6.06. The van der Waals surface area contributed by atoms with E-state index in [1.165, 1.54) is 0 Å². The Morgan fingerprint density at radius 1 is 1.47 bits per heavy atom. The van der Waals surface area contributed by atoms with E-state index in [0.717, 1.165) is 22.4 Å². The van der Waals surface area contributed by atoms with Crippen molar-refractivity contribution >= 4 is 28.6 Å². The lowest BCUT2D eigenvalue weighted by atomic mass is 10.2. The van der Waals surface area contributed by atoms with Gasteiger partial charge in [0.2, 0.25) is 0 Å². The number of para-hydroxylation sites is 1. The Balaban J connectivity index is 2.32. The second-order valence-electron chi connectivity index (χ2n) is 4.31. The first-order valence-electron chi connectivity index (χ1n) is 6.33. The molecular weight excluding hydrogens is 264 g/mol. The van der Waals surface area contributed by atoms with Crippen LogP contribution in [0.1, 0.15) is 24.7 Å². The number of esters is 1. The van der Waals surface area contributed by atoms with Crippen LogP contribution >= 0.6 is 11.6 Å². The molecule has 0 radical (unpaired) electrons. The molecule has 0 aliphatic heterocycles. The molecule has 0 N–H and O–H groups in total. The second-order valence-corrected chi connectivity index (χ2v) is 4.58. The molecular formula is C14H17ClN2O2. The predicted molar refractivity (Wildman–Crippen MR) is 75.3 cm³/mol. The number of aryl methyl sites for hydroxylation is 2. The van der Waals surface area contributed by atoms with E-state index in [4.69, 9.17) is 16.3 Å². The predicted octanol–water partition coefficient (Wildman–Crippen LogP) is 3.04. The number of hydrogen-bond acceptors (Lipinski definition) is 3. The normalized spacial score (nSPS) is 10.9. The average Bonchev–Trinajstić information content (AvgIpc) is 2.76. The van der Waals surface area contributed by atoms with Crippen LogP contribution in [0.5, 0.6) is 0 Å². The Bertz CT molecular complexity index is 592. The summed E-state index contributed by atoms with van der Waals surface area (Å²) in [6.07, 6.45) is 0.331. The smallest absolute Gasteiger partial charge is 0.307 e. The summed E-state index contributed by atoms with van der Waals surface area (Å²) >= 11 is 5.93. The van der Waals surface area contributed by atoms with Crippen molar-refractivity contribution in [1.29, 1.82) is 0 Å². The first-order valence-corrected chi connectivity index (χ1v) is 6.87. The van der Waals surface area contributed by atoms with Crippen molar-refractivity contribution in [3.63, 3.8) is 0 Å². The zero-order valence-corrected chi connectivity index (χ0v) is 11.9. The van der Waals surface area contributed by atoms with Crippen molar-refractivity contribution in [2.75, 3.05) is 6.61 Å². The highest BCUT2D eigenvalue weighted by Crippen LogP contribution is 2.21. The van der Waals surface area contributed by atoms with Gasteiger partial charge in [0.1, 0.15) is 5.82 Å². The number of rotatable bonds is 5. The summed E-state index contributed by atoms with van der Waals surface area (Å²) < 4.78 is 6.96. The first kappa shape index (κ1) is 13.9. The minimum atomic E-state index is -0.196. The summed E-state index contributed by atoms with van der Waals surface area (Å²) in [5.74, 6) is 0.922.